The van der Waals surface area contributed by atoms with Gasteiger partial charge in [0.25, 0.3) is 5.56 Å². The average Bonchev–Trinajstić information content (AvgIpc) is 3.42. The van der Waals surface area contributed by atoms with Crippen LogP contribution in [0.25, 0.3) is 22.3 Å². The molecule has 0 radical (unpaired) electrons. The number of aryl methyl sites for hydroxylation is 2. The van der Waals surface area contributed by atoms with Crippen LogP contribution in [-0.4, -0.2) is 39.3 Å². The summed E-state index contributed by atoms with van der Waals surface area (Å²) >= 11 is 0. The van der Waals surface area contributed by atoms with E-state index >= 15 is 0 Å². The maximum Gasteiger partial charge on any atom is 0.340 e. The van der Waals surface area contributed by atoms with E-state index in [1.54, 1.807) is 41.8 Å². The standard InChI is InChI=1S/C32H28FN4O8P/c1-16-19-3-2-4-20-22-12-37-26(29(22)36-25(28(19)20)10-24(16)33)9-21-23(31(37)40)14-43-32(41)30(21)45-46(42)44-13-17-5-7-18(8-6-17)35-27(39)11-34-15-38/h5-10,15,30,42H,2-4,11-14H2,1H3,(H,34,38)(H,35,39). The maximum absolute atomic E-state index is 14.9. The molecule has 2 aliphatic heterocycles. The number of ether oxygens (including phenoxy) is 1. The van der Waals surface area contributed by atoms with Crippen LogP contribution in [0.2, 0.25) is 0 Å². The average molecular weight is 647 g/mol. The van der Waals surface area contributed by atoms with Gasteiger partial charge in [-0.3, -0.25) is 18.9 Å². The third kappa shape index (κ3) is 5.25. The molecule has 2 atom stereocenters. The molecule has 7 rings (SSSR count). The summed E-state index contributed by atoms with van der Waals surface area (Å²) in [7, 11) is -2.59. The van der Waals surface area contributed by atoms with Gasteiger partial charge in [0.1, 0.15) is 12.4 Å². The fourth-order valence-corrected chi connectivity index (χ4v) is 7.12. The molecule has 0 spiro atoms. The number of halogens is 1. The Morgan fingerprint density at radius 1 is 1.17 bits per heavy atom. The van der Waals surface area contributed by atoms with Gasteiger partial charge in [-0.2, -0.15) is 0 Å². The highest BCUT2D eigenvalue weighted by Crippen LogP contribution is 2.45. The number of hydrogen-bond donors (Lipinski definition) is 3. The van der Waals surface area contributed by atoms with Crippen molar-refractivity contribution in [3.8, 4) is 11.4 Å². The third-order valence-electron chi connectivity index (χ3n) is 8.64. The molecule has 236 valence electrons. The zero-order valence-electron chi connectivity index (χ0n) is 24.6. The number of carbonyl (C=O) groups is 3. The van der Waals surface area contributed by atoms with Crippen molar-refractivity contribution in [2.24, 2.45) is 0 Å². The number of anilines is 1. The van der Waals surface area contributed by atoms with E-state index in [1.807, 2.05) is 0 Å². The zero-order valence-corrected chi connectivity index (χ0v) is 25.5. The first kappa shape index (κ1) is 30.1. The molecule has 2 aromatic carbocycles. The molecule has 2 amide bonds. The first-order chi connectivity index (χ1) is 22.2. The lowest BCUT2D eigenvalue weighted by Gasteiger charge is -2.26. The smallest absolute Gasteiger partial charge is 0.340 e. The van der Waals surface area contributed by atoms with E-state index in [9.17, 15) is 28.5 Å². The van der Waals surface area contributed by atoms with Crippen molar-refractivity contribution >= 4 is 43.5 Å². The largest absolute Gasteiger partial charge is 0.458 e. The first-order valence-corrected chi connectivity index (χ1v) is 15.8. The summed E-state index contributed by atoms with van der Waals surface area (Å²) in [5.74, 6) is -1.48. The molecule has 46 heavy (non-hydrogen) atoms. The van der Waals surface area contributed by atoms with Gasteiger partial charge >= 0.3 is 14.6 Å². The number of nitrogens with zero attached hydrogens (tertiary/aromatic N) is 2. The van der Waals surface area contributed by atoms with Crippen LogP contribution in [-0.2, 0) is 60.8 Å². The number of fused-ring (bicyclic) bond motifs is 5. The van der Waals surface area contributed by atoms with E-state index in [4.69, 9.17) is 18.8 Å². The summed E-state index contributed by atoms with van der Waals surface area (Å²) in [6.07, 6.45) is 1.44. The number of esters is 1. The van der Waals surface area contributed by atoms with Gasteiger partial charge < -0.3 is 29.4 Å². The molecule has 3 N–H and O–H groups in total. The molecule has 1 aliphatic carbocycles. The van der Waals surface area contributed by atoms with Crippen LogP contribution in [0.4, 0.5) is 10.1 Å². The van der Waals surface area contributed by atoms with E-state index in [1.165, 1.54) is 6.07 Å². The molecule has 0 bridgehead atoms. The zero-order chi connectivity index (χ0) is 32.1. The van der Waals surface area contributed by atoms with Crippen LogP contribution in [0.5, 0.6) is 0 Å². The molecule has 0 saturated carbocycles. The molecular formula is C32H28FN4O8P. The summed E-state index contributed by atoms with van der Waals surface area (Å²) in [6.45, 7) is 1.61. The van der Waals surface area contributed by atoms with E-state index in [0.717, 1.165) is 41.3 Å². The normalized spacial score (nSPS) is 16.7. The second kappa shape index (κ2) is 12.0. The van der Waals surface area contributed by atoms with Gasteiger partial charge in [0.2, 0.25) is 12.3 Å². The Balaban J connectivity index is 1.13. The number of rotatable bonds is 9. The maximum atomic E-state index is 14.9. The fourth-order valence-electron chi connectivity index (χ4n) is 6.42. The van der Waals surface area contributed by atoms with E-state index in [0.29, 0.717) is 46.7 Å². The van der Waals surface area contributed by atoms with Crippen LogP contribution in [0.1, 0.15) is 51.5 Å². The highest BCUT2D eigenvalue weighted by atomic mass is 31.2. The van der Waals surface area contributed by atoms with E-state index in [-0.39, 0.29) is 42.3 Å². The predicted molar refractivity (Wildman–Crippen MR) is 164 cm³/mol. The highest BCUT2D eigenvalue weighted by molar-refractivity contribution is 7.40. The number of nitrogens with one attached hydrogen (secondary N) is 2. The summed E-state index contributed by atoms with van der Waals surface area (Å²) in [6, 6.07) is 9.70. The molecular weight excluding hydrogens is 618 g/mol. The Labute approximate surface area is 262 Å². The minimum absolute atomic E-state index is 0.0736. The number of benzene rings is 2. The summed E-state index contributed by atoms with van der Waals surface area (Å²) in [5, 5.41) is 5.86. The number of carbonyl (C=O) groups excluding carboxylic acids is 3. The minimum Gasteiger partial charge on any atom is -0.458 e. The molecule has 14 heteroatoms. The number of amides is 2. The summed E-state index contributed by atoms with van der Waals surface area (Å²) in [5.41, 5.74) is 6.48. The van der Waals surface area contributed by atoms with Crippen molar-refractivity contribution in [3.63, 3.8) is 0 Å². The molecule has 12 nitrogen and oxygen atoms in total. The Hall–Kier alpha value is -4.55. The van der Waals surface area contributed by atoms with Crippen molar-refractivity contribution in [1.29, 1.82) is 0 Å². The summed E-state index contributed by atoms with van der Waals surface area (Å²) < 4.78 is 32.9. The number of cyclic esters (lactones) is 1. The Morgan fingerprint density at radius 3 is 2.74 bits per heavy atom. The second-order valence-corrected chi connectivity index (χ2v) is 12.3. The monoisotopic (exact) mass is 646 g/mol. The molecule has 0 fully saturated rings. The van der Waals surface area contributed by atoms with Crippen molar-refractivity contribution in [3.05, 3.63) is 91.5 Å². The molecule has 4 aromatic rings. The van der Waals surface area contributed by atoms with Gasteiger partial charge in [-0.25, -0.2) is 14.2 Å². The summed E-state index contributed by atoms with van der Waals surface area (Å²) in [4.78, 5) is 64.2. The van der Waals surface area contributed by atoms with Gasteiger partial charge in [-0.05, 0) is 66.6 Å². The minimum atomic E-state index is -2.59. The van der Waals surface area contributed by atoms with Crippen LogP contribution < -0.4 is 16.2 Å². The molecule has 2 aromatic heterocycles. The quantitative estimate of drug-likeness (QED) is 0.124. The number of pyridine rings is 2. The molecule has 3 aliphatic rings. The van der Waals surface area contributed by atoms with Crippen molar-refractivity contribution in [1.82, 2.24) is 14.9 Å². The van der Waals surface area contributed by atoms with Gasteiger partial charge in [0.15, 0.2) is 6.10 Å². The Kier molecular flexibility index (Phi) is 7.85. The lowest BCUT2D eigenvalue weighted by molar-refractivity contribution is -0.156. The Morgan fingerprint density at radius 2 is 1.96 bits per heavy atom. The number of aromatic nitrogens is 2. The lowest BCUT2D eigenvalue weighted by Crippen LogP contribution is -2.33. The van der Waals surface area contributed by atoms with E-state index in [2.05, 4.69) is 10.6 Å². The van der Waals surface area contributed by atoms with Gasteiger partial charge in [0, 0.05) is 28.3 Å². The van der Waals surface area contributed by atoms with Crippen molar-refractivity contribution < 1.29 is 37.5 Å². The number of hydrogen-bond acceptors (Lipinski definition) is 9. The topological polar surface area (TPSA) is 158 Å². The third-order valence-corrected chi connectivity index (χ3v) is 9.38. The fraction of sp³-hybridized carbons (Fsp3) is 0.281. The molecule has 2 unspecified atom stereocenters. The molecule has 4 heterocycles. The van der Waals surface area contributed by atoms with Crippen LogP contribution in [0.15, 0.2) is 41.2 Å². The first-order valence-electron chi connectivity index (χ1n) is 14.6. The van der Waals surface area contributed by atoms with Crippen LogP contribution >= 0.6 is 8.60 Å². The van der Waals surface area contributed by atoms with Gasteiger partial charge in [-0.1, -0.05) is 12.1 Å². The highest BCUT2D eigenvalue weighted by Gasteiger charge is 2.38. The lowest BCUT2D eigenvalue weighted by atomic mass is 9.85. The van der Waals surface area contributed by atoms with Crippen LogP contribution in [0.3, 0.4) is 0 Å². The van der Waals surface area contributed by atoms with E-state index < -0.39 is 26.6 Å². The predicted octanol–water partition coefficient (Wildman–Crippen LogP) is 3.60. The Bertz CT molecular complexity index is 2000. The van der Waals surface area contributed by atoms with Crippen LogP contribution in [0, 0.1) is 12.7 Å². The van der Waals surface area contributed by atoms with Crippen molar-refractivity contribution in [2.75, 3.05) is 11.9 Å². The SMILES string of the molecule is Cc1c(F)cc2nc3c(c4c2c1CCC4)Cn1c-3cc2c(c1=O)COC(=O)C2OP(O)OCc1ccc(NC(=O)CNC=O)cc1. The van der Waals surface area contributed by atoms with Gasteiger partial charge in [-0.15, -0.1) is 0 Å². The second-order valence-electron chi connectivity index (χ2n) is 11.3. The molecule has 0 saturated heterocycles. The van der Waals surface area contributed by atoms with Gasteiger partial charge in [0.05, 0.1) is 42.2 Å². The van der Waals surface area contributed by atoms with Crippen molar-refractivity contribution in [2.45, 2.75) is 52.0 Å².